The van der Waals surface area contributed by atoms with Gasteiger partial charge < -0.3 is 10.1 Å². The van der Waals surface area contributed by atoms with Crippen molar-refractivity contribution in [3.8, 4) is 0 Å². The average molecular weight is 304 g/mol. The standard InChI is InChI=1S/C16H20N2O2S/c1-12(2)8-14(15-10-21-11-17-15)18-16(19)20-9-13-6-4-3-5-7-13/h3-7,10-12,14H,8-9H2,1-2H3,(H,18,19). The lowest BCUT2D eigenvalue weighted by Crippen LogP contribution is -2.30. The molecule has 0 bridgehead atoms. The van der Waals surface area contributed by atoms with Crippen molar-refractivity contribution in [1.82, 2.24) is 10.3 Å². The minimum Gasteiger partial charge on any atom is -0.445 e. The molecule has 0 aliphatic heterocycles. The number of nitrogens with one attached hydrogen (secondary N) is 1. The largest absolute Gasteiger partial charge is 0.445 e. The van der Waals surface area contributed by atoms with Gasteiger partial charge in [0.05, 0.1) is 17.2 Å². The lowest BCUT2D eigenvalue weighted by Gasteiger charge is -2.18. The van der Waals surface area contributed by atoms with Crippen molar-refractivity contribution < 1.29 is 9.53 Å². The first-order chi connectivity index (χ1) is 10.1. The molecule has 0 aliphatic carbocycles. The van der Waals surface area contributed by atoms with Crippen molar-refractivity contribution in [1.29, 1.82) is 0 Å². The van der Waals surface area contributed by atoms with E-state index in [1.165, 1.54) is 11.3 Å². The number of carbonyl (C=O) groups is 1. The number of alkyl carbamates (subject to hydrolysis) is 1. The molecule has 0 saturated heterocycles. The molecule has 1 aromatic carbocycles. The molecular weight excluding hydrogens is 284 g/mol. The maximum atomic E-state index is 11.9. The molecule has 0 saturated carbocycles. The number of aromatic nitrogens is 1. The van der Waals surface area contributed by atoms with E-state index in [0.29, 0.717) is 5.92 Å². The fourth-order valence-corrected chi connectivity index (χ4v) is 2.63. The van der Waals surface area contributed by atoms with Crippen LogP contribution in [-0.4, -0.2) is 11.1 Å². The number of nitrogens with zero attached hydrogens (tertiary/aromatic N) is 1. The SMILES string of the molecule is CC(C)CC(NC(=O)OCc1ccccc1)c1cscn1. The number of hydrogen-bond acceptors (Lipinski definition) is 4. The van der Waals surface area contributed by atoms with Crippen molar-refractivity contribution >= 4 is 17.4 Å². The highest BCUT2D eigenvalue weighted by Crippen LogP contribution is 2.21. The zero-order valence-electron chi connectivity index (χ0n) is 12.3. The Kier molecular flexibility index (Phi) is 5.75. The summed E-state index contributed by atoms with van der Waals surface area (Å²) in [6, 6.07) is 9.55. The van der Waals surface area contributed by atoms with Gasteiger partial charge in [-0.05, 0) is 17.9 Å². The van der Waals surface area contributed by atoms with Gasteiger partial charge in [-0.25, -0.2) is 9.78 Å². The summed E-state index contributed by atoms with van der Waals surface area (Å²) in [5, 5.41) is 4.87. The van der Waals surface area contributed by atoms with Gasteiger partial charge in [0.15, 0.2) is 0 Å². The first-order valence-corrected chi connectivity index (χ1v) is 7.94. The van der Waals surface area contributed by atoms with Gasteiger partial charge >= 0.3 is 6.09 Å². The van der Waals surface area contributed by atoms with E-state index in [2.05, 4.69) is 24.1 Å². The number of ether oxygens (including phenoxy) is 1. The number of thiazole rings is 1. The van der Waals surface area contributed by atoms with Crippen molar-refractivity contribution in [2.24, 2.45) is 5.92 Å². The molecule has 0 radical (unpaired) electrons. The van der Waals surface area contributed by atoms with E-state index in [4.69, 9.17) is 4.74 Å². The Bertz CT molecular complexity index is 541. The molecule has 1 N–H and O–H groups in total. The molecular formula is C16H20N2O2S. The quantitative estimate of drug-likeness (QED) is 0.872. The molecule has 1 atom stereocenters. The molecule has 5 heteroatoms. The topological polar surface area (TPSA) is 51.2 Å². The van der Waals surface area contributed by atoms with Crippen LogP contribution in [0.2, 0.25) is 0 Å². The molecule has 1 aromatic heterocycles. The van der Waals surface area contributed by atoms with Gasteiger partial charge in [-0.1, -0.05) is 44.2 Å². The number of hydrogen-bond donors (Lipinski definition) is 1. The van der Waals surface area contributed by atoms with Crippen LogP contribution in [0.3, 0.4) is 0 Å². The Labute approximate surface area is 129 Å². The predicted octanol–water partition coefficient (Wildman–Crippen LogP) is 4.16. The average Bonchev–Trinajstić information content (AvgIpc) is 2.99. The summed E-state index contributed by atoms with van der Waals surface area (Å²) in [5.41, 5.74) is 3.65. The van der Waals surface area contributed by atoms with Gasteiger partial charge in [-0.2, -0.15) is 0 Å². The van der Waals surface area contributed by atoms with E-state index in [1.807, 2.05) is 35.7 Å². The number of amides is 1. The first kappa shape index (κ1) is 15.5. The third kappa shape index (κ3) is 5.19. The van der Waals surface area contributed by atoms with Crippen LogP contribution in [-0.2, 0) is 11.3 Å². The first-order valence-electron chi connectivity index (χ1n) is 7.00. The molecule has 1 unspecified atom stereocenters. The third-order valence-corrected chi connectivity index (χ3v) is 3.63. The van der Waals surface area contributed by atoms with Crippen LogP contribution in [0.4, 0.5) is 4.79 Å². The molecule has 0 spiro atoms. The molecule has 2 aromatic rings. The molecule has 2 rings (SSSR count). The Morgan fingerprint density at radius 1 is 1.33 bits per heavy atom. The highest BCUT2D eigenvalue weighted by Gasteiger charge is 2.18. The van der Waals surface area contributed by atoms with E-state index in [1.54, 1.807) is 5.51 Å². The summed E-state index contributed by atoms with van der Waals surface area (Å²) in [5.74, 6) is 0.464. The van der Waals surface area contributed by atoms with Crippen LogP contribution < -0.4 is 5.32 Å². The lowest BCUT2D eigenvalue weighted by atomic mass is 10.0. The van der Waals surface area contributed by atoms with E-state index in [-0.39, 0.29) is 12.6 Å². The van der Waals surface area contributed by atoms with Gasteiger partial charge in [0.25, 0.3) is 0 Å². The maximum Gasteiger partial charge on any atom is 0.408 e. The Hall–Kier alpha value is -1.88. The maximum absolute atomic E-state index is 11.9. The van der Waals surface area contributed by atoms with Crippen molar-refractivity contribution in [3.63, 3.8) is 0 Å². The highest BCUT2D eigenvalue weighted by atomic mass is 32.1. The lowest BCUT2D eigenvalue weighted by molar-refractivity contribution is 0.134. The van der Waals surface area contributed by atoms with Crippen LogP contribution in [0.1, 0.15) is 37.6 Å². The second-order valence-electron chi connectivity index (χ2n) is 5.30. The zero-order valence-corrected chi connectivity index (χ0v) is 13.1. The van der Waals surface area contributed by atoms with Crippen molar-refractivity contribution in [2.75, 3.05) is 0 Å². The summed E-state index contributed by atoms with van der Waals surface area (Å²) < 4.78 is 5.26. The van der Waals surface area contributed by atoms with Crippen LogP contribution in [0.25, 0.3) is 0 Å². The fourth-order valence-electron chi connectivity index (χ4n) is 2.03. The second-order valence-corrected chi connectivity index (χ2v) is 6.02. The summed E-state index contributed by atoms with van der Waals surface area (Å²) in [6.45, 7) is 4.52. The van der Waals surface area contributed by atoms with Crippen molar-refractivity contribution in [2.45, 2.75) is 32.9 Å². The van der Waals surface area contributed by atoms with E-state index >= 15 is 0 Å². The Balaban J connectivity index is 1.89. The second kappa shape index (κ2) is 7.78. The summed E-state index contributed by atoms with van der Waals surface area (Å²) in [7, 11) is 0. The number of rotatable bonds is 6. The normalized spacial score (nSPS) is 12.1. The van der Waals surface area contributed by atoms with Crippen LogP contribution in [0.15, 0.2) is 41.2 Å². The number of benzene rings is 1. The smallest absolute Gasteiger partial charge is 0.408 e. The van der Waals surface area contributed by atoms with Gasteiger partial charge in [-0.3, -0.25) is 0 Å². The van der Waals surface area contributed by atoms with Crippen LogP contribution in [0.5, 0.6) is 0 Å². The van der Waals surface area contributed by atoms with Gasteiger partial charge in [0.1, 0.15) is 6.61 Å². The fraction of sp³-hybridized carbons (Fsp3) is 0.375. The Morgan fingerprint density at radius 3 is 2.71 bits per heavy atom. The molecule has 112 valence electrons. The Morgan fingerprint density at radius 2 is 2.10 bits per heavy atom. The van der Waals surface area contributed by atoms with E-state index in [0.717, 1.165) is 17.7 Å². The molecule has 0 fully saturated rings. The zero-order chi connectivity index (χ0) is 15.1. The summed E-state index contributed by atoms with van der Waals surface area (Å²) in [4.78, 5) is 16.2. The molecule has 0 aliphatic rings. The number of carbonyl (C=O) groups excluding carboxylic acids is 1. The van der Waals surface area contributed by atoms with Crippen LogP contribution >= 0.6 is 11.3 Å². The molecule has 1 amide bonds. The summed E-state index contributed by atoms with van der Waals surface area (Å²) >= 11 is 1.53. The van der Waals surface area contributed by atoms with Gasteiger partial charge in [0.2, 0.25) is 0 Å². The van der Waals surface area contributed by atoms with Gasteiger partial charge in [0, 0.05) is 5.38 Å². The highest BCUT2D eigenvalue weighted by molar-refractivity contribution is 7.07. The minimum absolute atomic E-state index is 0.0977. The van der Waals surface area contributed by atoms with Gasteiger partial charge in [-0.15, -0.1) is 11.3 Å². The third-order valence-electron chi connectivity index (χ3n) is 3.02. The molecule has 4 nitrogen and oxygen atoms in total. The predicted molar refractivity (Wildman–Crippen MR) is 84.1 cm³/mol. The monoisotopic (exact) mass is 304 g/mol. The van der Waals surface area contributed by atoms with E-state index < -0.39 is 6.09 Å². The van der Waals surface area contributed by atoms with Crippen LogP contribution in [0, 0.1) is 5.92 Å². The molecule has 21 heavy (non-hydrogen) atoms. The van der Waals surface area contributed by atoms with E-state index in [9.17, 15) is 4.79 Å². The minimum atomic E-state index is -0.405. The summed E-state index contributed by atoms with van der Waals surface area (Å²) in [6.07, 6.45) is 0.432. The molecule has 1 heterocycles. The van der Waals surface area contributed by atoms with Crippen molar-refractivity contribution in [3.05, 3.63) is 52.5 Å².